The smallest absolute Gasteiger partial charge is 0.305 e. The summed E-state index contributed by atoms with van der Waals surface area (Å²) in [5, 5.41) is 8.76. The van der Waals surface area contributed by atoms with E-state index in [1.165, 1.54) is 0 Å². The zero-order chi connectivity index (χ0) is 14.0. The number of rotatable bonds is 5. The molecule has 1 aromatic rings. The number of aliphatic carboxylic acids is 1. The molecule has 0 atom stereocenters. The Labute approximate surface area is 128 Å². The van der Waals surface area contributed by atoms with Crippen molar-refractivity contribution in [1.82, 2.24) is 4.90 Å². The molecule has 4 nitrogen and oxygen atoms in total. The zero-order valence-electron chi connectivity index (χ0n) is 10.1. The zero-order valence-corrected chi connectivity index (χ0v) is 13.3. The molecule has 1 saturated carbocycles. The summed E-state index contributed by atoms with van der Waals surface area (Å²) in [6.45, 7) is 0.262. The Kier molecular flexibility index (Phi) is 4.62. The van der Waals surface area contributed by atoms with Crippen molar-refractivity contribution in [2.75, 3.05) is 6.54 Å². The third-order valence-electron chi connectivity index (χ3n) is 2.97. The van der Waals surface area contributed by atoms with Gasteiger partial charge in [0.1, 0.15) is 0 Å². The summed E-state index contributed by atoms with van der Waals surface area (Å²) in [6, 6.07) is 5.60. The Bertz CT molecular complexity index is 515. The van der Waals surface area contributed by atoms with E-state index in [2.05, 4.69) is 31.9 Å². The molecule has 102 valence electrons. The van der Waals surface area contributed by atoms with E-state index in [0.717, 1.165) is 21.8 Å². The molecule has 0 aliphatic heterocycles. The van der Waals surface area contributed by atoms with Crippen molar-refractivity contribution in [3.8, 4) is 0 Å². The molecule has 0 spiro atoms. The molecular formula is C13H13Br2NO3. The SMILES string of the molecule is O=C(O)CCN(C(=O)c1cc(Br)ccc1Br)C1CC1. The van der Waals surface area contributed by atoms with E-state index < -0.39 is 5.97 Å². The van der Waals surface area contributed by atoms with Gasteiger partial charge in [0.15, 0.2) is 0 Å². The first-order valence-electron chi connectivity index (χ1n) is 5.97. The van der Waals surface area contributed by atoms with Crippen LogP contribution in [-0.4, -0.2) is 34.5 Å². The van der Waals surface area contributed by atoms with E-state index in [1.54, 1.807) is 17.0 Å². The lowest BCUT2D eigenvalue weighted by molar-refractivity contribution is -0.137. The normalized spacial score (nSPS) is 14.2. The standard InChI is InChI=1S/C13H13Br2NO3/c14-8-1-4-11(15)10(7-8)13(19)16(9-2-3-9)6-5-12(17)18/h1,4,7,9H,2-3,5-6H2,(H,17,18). The molecule has 2 rings (SSSR count). The van der Waals surface area contributed by atoms with Crippen LogP contribution < -0.4 is 0 Å². The first-order valence-corrected chi connectivity index (χ1v) is 7.55. The van der Waals surface area contributed by atoms with Gasteiger partial charge in [-0.3, -0.25) is 9.59 Å². The maximum Gasteiger partial charge on any atom is 0.305 e. The fourth-order valence-electron chi connectivity index (χ4n) is 1.87. The molecule has 1 aromatic carbocycles. The highest BCUT2D eigenvalue weighted by Crippen LogP contribution is 2.30. The number of carbonyl (C=O) groups is 2. The molecule has 1 N–H and O–H groups in total. The number of halogens is 2. The summed E-state index contributed by atoms with van der Waals surface area (Å²) in [7, 11) is 0. The van der Waals surface area contributed by atoms with Gasteiger partial charge in [-0.25, -0.2) is 0 Å². The minimum Gasteiger partial charge on any atom is -0.481 e. The van der Waals surface area contributed by atoms with E-state index in [4.69, 9.17) is 5.11 Å². The van der Waals surface area contributed by atoms with Crippen molar-refractivity contribution >= 4 is 43.7 Å². The van der Waals surface area contributed by atoms with E-state index in [-0.39, 0.29) is 24.9 Å². The lowest BCUT2D eigenvalue weighted by Gasteiger charge is -2.22. The second-order valence-corrected chi connectivity index (χ2v) is 6.27. The highest BCUT2D eigenvalue weighted by atomic mass is 79.9. The first-order chi connectivity index (χ1) is 8.99. The van der Waals surface area contributed by atoms with Crippen molar-refractivity contribution in [2.45, 2.75) is 25.3 Å². The minimum atomic E-state index is -0.883. The quantitative estimate of drug-likeness (QED) is 0.839. The molecule has 0 heterocycles. The largest absolute Gasteiger partial charge is 0.481 e. The Morgan fingerprint density at radius 2 is 2.00 bits per heavy atom. The molecule has 1 aliphatic carbocycles. The van der Waals surface area contributed by atoms with Gasteiger partial charge in [-0.2, -0.15) is 0 Å². The lowest BCUT2D eigenvalue weighted by Crippen LogP contribution is -2.35. The molecule has 0 aromatic heterocycles. The van der Waals surface area contributed by atoms with Crippen LogP contribution in [0.15, 0.2) is 27.1 Å². The van der Waals surface area contributed by atoms with Gasteiger partial charge in [0.2, 0.25) is 0 Å². The third kappa shape index (κ3) is 3.79. The minimum absolute atomic E-state index is 0.0200. The topological polar surface area (TPSA) is 57.6 Å². The van der Waals surface area contributed by atoms with Crippen LogP contribution in [0.1, 0.15) is 29.6 Å². The van der Waals surface area contributed by atoms with Gasteiger partial charge >= 0.3 is 5.97 Å². The van der Waals surface area contributed by atoms with Gasteiger partial charge in [-0.1, -0.05) is 15.9 Å². The summed E-state index contributed by atoms with van der Waals surface area (Å²) >= 11 is 6.71. The van der Waals surface area contributed by atoms with E-state index in [9.17, 15) is 9.59 Å². The van der Waals surface area contributed by atoms with Crippen molar-refractivity contribution in [1.29, 1.82) is 0 Å². The molecule has 0 unspecified atom stereocenters. The predicted octanol–water partition coefficient (Wildman–Crippen LogP) is 3.29. The van der Waals surface area contributed by atoms with Crippen LogP contribution in [-0.2, 0) is 4.79 Å². The molecule has 19 heavy (non-hydrogen) atoms. The van der Waals surface area contributed by atoms with Gasteiger partial charge in [0.05, 0.1) is 12.0 Å². The number of carboxylic acids is 1. The Hall–Kier alpha value is -0.880. The van der Waals surface area contributed by atoms with Crippen LogP contribution in [0.3, 0.4) is 0 Å². The van der Waals surface area contributed by atoms with Crippen LogP contribution in [0.25, 0.3) is 0 Å². The average molecular weight is 391 g/mol. The van der Waals surface area contributed by atoms with E-state index >= 15 is 0 Å². The highest BCUT2D eigenvalue weighted by Gasteiger charge is 2.33. The number of amides is 1. The van der Waals surface area contributed by atoms with Gasteiger partial charge in [0.25, 0.3) is 5.91 Å². The lowest BCUT2D eigenvalue weighted by atomic mass is 10.2. The first kappa shape index (κ1) is 14.5. The summed E-state index contributed by atoms with van der Waals surface area (Å²) in [4.78, 5) is 24.8. The van der Waals surface area contributed by atoms with Gasteiger partial charge < -0.3 is 10.0 Å². The monoisotopic (exact) mass is 389 g/mol. The van der Waals surface area contributed by atoms with Crippen LogP contribution in [0.5, 0.6) is 0 Å². The number of hydrogen-bond donors (Lipinski definition) is 1. The molecular weight excluding hydrogens is 378 g/mol. The number of carbonyl (C=O) groups excluding carboxylic acids is 1. The Morgan fingerprint density at radius 1 is 1.32 bits per heavy atom. The van der Waals surface area contributed by atoms with Gasteiger partial charge in [-0.05, 0) is 47.0 Å². The maximum atomic E-state index is 12.5. The van der Waals surface area contributed by atoms with E-state index in [1.807, 2.05) is 6.07 Å². The fourth-order valence-corrected chi connectivity index (χ4v) is 2.65. The fraction of sp³-hybridized carbons (Fsp3) is 0.385. The van der Waals surface area contributed by atoms with Gasteiger partial charge in [-0.15, -0.1) is 0 Å². The molecule has 0 radical (unpaired) electrons. The van der Waals surface area contributed by atoms with Crippen molar-refractivity contribution in [2.24, 2.45) is 0 Å². The van der Waals surface area contributed by atoms with Crippen molar-refractivity contribution < 1.29 is 14.7 Å². The third-order valence-corrected chi connectivity index (χ3v) is 4.16. The molecule has 1 amide bonds. The molecule has 0 saturated heterocycles. The molecule has 6 heteroatoms. The number of nitrogens with zero attached hydrogens (tertiary/aromatic N) is 1. The maximum absolute atomic E-state index is 12.5. The molecule has 1 aliphatic rings. The van der Waals surface area contributed by atoms with Crippen molar-refractivity contribution in [3.05, 3.63) is 32.7 Å². The molecule has 0 bridgehead atoms. The van der Waals surface area contributed by atoms with Crippen molar-refractivity contribution in [3.63, 3.8) is 0 Å². The highest BCUT2D eigenvalue weighted by molar-refractivity contribution is 9.11. The van der Waals surface area contributed by atoms with Crippen LogP contribution in [0, 0.1) is 0 Å². The second-order valence-electron chi connectivity index (χ2n) is 4.50. The molecule has 1 fully saturated rings. The summed E-state index contributed by atoms with van der Waals surface area (Å²) in [5.74, 6) is -0.997. The van der Waals surface area contributed by atoms with Gasteiger partial charge in [0, 0.05) is 21.5 Å². The van der Waals surface area contributed by atoms with Crippen LogP contribution in [0.4, 0.5) is 0 Å². The van der Waals surface area contributed by atoms with E-state index in [0.29, 0.717) is 5.56 Å². The predicted molar refractivity (Wildman–Crippen MR) is 78.2 cm³/mol. The average Bonchev–Trinajstić information content (AvgIpc) is 3.16. The number of carboxylic acid groups (broad SMARTS) is 1. The Morgan fingerprint density at radius 3 is 2.58 bits per heavy atom. The number of benzene rings is 1. The van der Waals surface area contributed by atoms with Crippen LogP contribution in [0.2, 0.25) is 0 Å². The summed E-state index contributed by atoms with van der Waals surface area (Å²) in [5.41, 5.74) is 0.562. The second kappa shape index (κ2) is 6.05. The summed E-state index contributed by atoms with van der Waals surface area (Å²) < 4.78 is 1.55. The number of hydrogen-bond acceptors (Lipinski definition) is 2. The van der Waals surface area contributed by atoms with Crippen LogP contribution >= 0.6 is 31.9 Å². The Balaban J connectivity index is 2.18. The summed E-state index contributed by atoms with van der Waals surface area (Å²) in [6.07, 6.45) is 1.89.